The molecule has 1 heterocycles. The first-order chi connectivity index (χ1) is 21.6. The zero-order valence-corrected chi connectivity index (χ0v) is 26.4. The number of ether oxygens (including phenoxy) is 3. The maximum Gasteiger partial charge on any atom is 0.305 e. The number of nitrogens with zero attached hydrogens (tertiary/aromatic N) is 2. The fourth-order valence-electron chi connectivity index (χ4n) is 4.35. The normalized spacial score (nSPS) is 10.9. The molecule has 3 N–H and O–H groups in total. The van der Waals surface area contributed by atoms with Crippen LogP contribution in [-0.4, -0.2) is 65.8 Å². The third kappa shape index (κ3) is 10.7. The van der Waals surface area contributed by atoms with Crippen LogP contribution in [0.4, 0.5) is 11.5 Å². The van der Waals surface area contributed by atoms with Crippen LogP contribution in [-0.2, 0) is 28.8 Å². The summed E-state index contributed by atoms with van der Waals surface area (Å²) < 4.78 is 32.5. The highest BCUT2D eigenvalue weighted by Gasteiger charge is 2.18. The number of carbonyl (C=O) groups excluding carboxylic acids is 4. The molecule has 0 spiro atoms. The van der Waals surface area contributed by atoms with Crippen molar-refractivity contribution in [2.24, 2.45) is 4.36 Å². The molecule has 0 aliphatic carbocycles. The van der Waals surface area contributed by atoms with Crippen LogP contribution in [0.2, 0.25) is 0 Å². The number of anilines is 2. The van der Waals surface area contributed by atoms with Crippen molar-refractivity contribution in [2.45, 2.75) is 38.5 Å². The monoisotopic (exact) mass is 638 g/mol. The van der Waals surface area contributed by atoms with Crippen LogP contribution in [0.5, 0.6) is 5.75 Å². The minimum absolute atomic E-state index is 0.0716. The Labute approximate surface area is 262 Å². The fraction of sp³-hybridized carbons (Fsp3) is 0.344. The zero-order chi connectivity index (χ0) is 32.8. The number of nitrogens with two attached hydrogens (primary N) is 1. The minimum Gasteiger partial charge on any atom is -0.497 e. The largest absolute Gasteiger partial charge is 0.497 e. The fourth-order valence-corrected chi connectivity index (χ4v) is 6.46. The maximum absolute atomic E-state index is 13.8. The van der Waals surface area contributed by atoms with Crippen molar-refractivity contribution in [1.82, 2.24) is 4.98 Å². The standard InChI is InChI=1S/C32H38N4O8S/c1-42-26-13-9-12-25(20-26)35-31(39)23-11-8-10-22(18-23)27-19-24(21-34-30(27)33)32(40)36-45(41,16-6-4-14-28(37)43-2)17-7-5-15-29(38)44-3/h8-13,18-21H,4-7,14-17H2,1-3H3,(H2,33,34)(H,35,39). The molecule has 0 fully saturated rings. The number of pyridine rings is 1. The van der Waals surface area contributed by atoms with Crippen LogP contribution in [0.25, 0.3) is 11.1 Å². The highest BCUT2D eigenvalue weighted by Crippen LogP contribution is 2.27. The maximum atomic E-state index is 13.8. The molecule has 0 atom stereocenters. The lowest BCUT2D eigenvalue weighted by Crippen LogP contribution is -2.15. The van der Waals surface area contributed by atoms with E-state index in [2.05, 4.69) is 24.1 Å². The number of carbonyl (C=O) groups is 4. The Morgan fingerprint density at radius 3 is 2.11 bits per heavy atom. The molecule has 0 aliphatic rings. The quantitative estimate of drug-likeness (QED) is 0.172. The van der Waals surface area contributed by atoms with Crippen molar-refractivity contribution < 1.29 is 37.6 Å². The Kier molecular flexibility index (Phi) is 13.0. The van der Waals surface area contributed by atoms with Gasteiger partial charge in [0.1, 0.15) is 11.6 Å². The van der Waals surface area contributed by atoms with Gasteiger partial charge in [-0.2, -0.15) is 4.36 Å². The highest BCUT2D eigenvalue weighted by atomic mass is 32.2. The number of benzene rings is 2. The van der Waals surface area contributed by atoms with Crippen molar-refractivity contribution in [3.8, 4) is 16.9 Å². The second-order valence-corrected chi connectivity index (χ2v) is 12.6. The lowest BCUT2D eigenvalue weighted by molar-refractivity contribution is -0.141. The number of rotatable bonds is 15. The van der Waals surface area contributed by atoms with Crippen molar-refractivity contribution in [3.63, 3.8) is 0 Å². The molecule has 0 aliphatic heterocycles. The molecule has 0 bridgehead atoms. The molecule has 0 radical (unpaired) electrons. The smallest absolute Gasteiger partial charge is 0.305 e. The van der Waals surface area contributed by atoms with Crippen LogP contribution in [0.3, 0.4) is 0 Å². The zero-order valence-electron chi connectivity index (χ0n) is 25.6. The summed E-state index contributed by atoms with van der Waals surface area (Å²) in [6, 6.07) is 15.1. The van der Waals surface area contributed by atoms with E-state index in [1.54, 1.807) is 48.5 Å². The van der Waals surface area contributed by atoms with Crippen LogP contribution in [0.1, 0.15) is 59.2 Å². The lowest BCUT2D eigenvalue weighted by atomic mass is 10.0. The first-order valence-corrected chi connectivity index (χ1v) is 16.1. The Balaban J connectivity index is 1.83. The summed E-state index contributed by atoms with van der Waals surface area (Å²) in [5, 5.41) is 2.82. The number of esters is 2. The summed E-state index contributed by atoms with van der Waals surface area (Å²) in [6.45, 7) is 0. The Morgan fingerprint density at radius 1 is 0.844 bits per heavy atom. The van der Waals surface area contributed by atoms with Gasteiger partial charge in [0.05, 0.1) is 36.6 Å². The summed E-state index contributed by atoms with van der Waals surface area (Å²) in [6.07, 6.45) is 3.19. The summed E-state index contributed by atoms with van der Waals surface area (Å²) in [7, 11) is 1.09. The SMILES string of the molecule is COC(=O)CCCCS(=O)(CCCCC(=O)OC)=NC(=O)c1cnc(N)c(-c2cccc(C(=O)Nc3cccc(OC)c3)c2)c1. The summed E-state index contributed by atoms with van der Waals surface area (Å²) in [4.78, 5) is 53.4. The average Bonchev–Trinajstić information content (AvgIpc) is 3.05. The van der Waals surface area contributed by atoms with Gasteiger partial charge in [-0.15, -0.1) is 0 Å². The van der Waals surface area contributed by atoms with Crippen molar-refractivity contribution in [3.05, 3.63) is 71.9 Å². The Morgan fingerprint density at radius 2 is 1.49 bits per heavy atom. The molecule has 0 unspecified atom stereocenters. The van der Waals surface area contributed by atoms with E-state index in [1.165, 1.54) is 33.6 Å². The third-order valence-corrected chi connectivity index (χ3v) is 9.17. The highest BCUT2D eigenvalue weighted by molar-refractivity contribution is 7.93. The topological polar surface area (TPSA) is 176 Å². The van der Waals surface area contributed by atoms with E-state index in [1.807, 2.05) is 0 Å². The predicted molar refractivity (Wildman–Crippen MR) is 171 cm³/mol. The van der Waals surface area contributed by atoms with Gasteiger partial charge < -0.3 is 25.3 Å². The van der Waals surface area contributed by atoms with Crippen LogP contribution >= 0.6 is 0 Å². The predicted octanol–water partition coefficient (Wildman–Crippen LogP) is 4.89. The molecule has 3 aromatic rings. The van der Waals surface area contributed by atoms with Gasteiger partial charge >= 0.3 is 11.9 Å². The first-order valence-electron chi connectivity index (χ1n) is 14.3. The van der Waals surface area contributed by atoms with Crippen LogP contribution in [0, 0.1) is 0 Å². The Bertz CT molecular complexity index is 1620. The van der Waals surface area contributed by atoms with E-state index in [0.717, 1.165) is 0 Å². The molecule has 0 saturated heterocycles. The van der Waals surface area contributed by atoms with Gasteiger partial charge in [0.15, 0.2) is 0 Å². The summed E-state index contributed by atoms with van der Waals surface area (Å²) in [5.74, 6) is -0.951. The van der Waals surface area contributed by atoms with E-state index in [9.17, 15) is 23.4 Å². The first kappa shape index (κ1) is 34.7. The summed E-state index contributed by atoms with van der Waals surface area (Å²) in [5.41, 5.74) is 8.08. The second kappa shape index (κ2) is 16.9. The van der Waals surface area contributed by atoms with Gasteiger partial charge in [0, 0.05) is 53.4 Å². The van der Waals surface area contributed by atoms with Crippen molar-refractivity contribution in [2.75, 3.05) is 43.9 Å². The van der Waals surface area contributed by atoms with E-state index in [4.69, 9.17) is 10.5 Å². The molecular formula is C32H38N4O8S. The molecule has 2 amide bonds. The van der Waals surface area contributed by atoms with Gasteiger partial charge in [-0.1, -0.05) is 18.2 Å². The van der Waals surface area contributed by atoms with Gasteiger partial charge in [0.2, 0.25) is 0 Å². The van der Waals surface area contributed by atoms with Crippen molar-refractivity contribution >= 4 is 45.0 Å². The minimum atomic E-state index is -3.04. The van der Waals surface area contributed by atoms with Gasteiger partial charge in [-0.05, 0) is 61.6 Å². The molecule has 12 nitrogen and oxygen atoms in total. The van der Waals surface area contributed by atoms with Gasteiger partial charge in [-0.3, -0.25) is 19.2 Å². The number of hydrogen-bond acceptors (Lipinski definition) is 10. The lowest BCUT2D eigenvalue weighted by Gasteiger charge is -2.12. The molecule has 240 valence electrons. The second-order valence-electron chi connectivity index (χ2n) is 10.1. The average molecular weight is 639 g/mol. The Hall–Kier alpha value is -4.78. The molecule has 0 saturated carbocycles. The summed E-state index contributed by atoms with van der Waals surface area (Å²) >= 11 is 0. The molecule has 1 aromatic heterocycles. The van der Waals surface area contributed by atoms with E-state index < -0.39 is 15.6 Å². The number of aromatic nitrogens is 1. The molecule has 13 heteroatoms. The van der Waals surface area contributed by atoms with Crippen LogP contribution < -0.4 is 15.8 Å². The van der Waals surface area contributed by atoms with E-state index >= 15 is 0 Å². The number of unbranched alkanes of at least 4 members (excludes halogenated alkanes) is 2. The van der Waals surface area contributed by atoms with Crippen molar-refractivity contribution in [1.29, 1.82) is 0 Å². The molecule has 2 aromatic carbocycles. The number of hydrogen-bond donors (Lipinski definition) is 2. The molecule has 45 heavy (non-hydrogen) atoms. The molecular weight excluding hydrogens is 600 g/mol. The molecule has 3 rings (SSSR count). The van der Waals surface area contributed by atoms with Gasteiger partial charge in [0.25, 0.3) is 11.8 Å². The number of nitrogens with one attached hydrogen (secondary N) is 1. The number of amides is 2. The third-order valence-electron chi connectivity index (χ3n) is 6.82. The number of methoxy groups -OCH3 is 3. The van der Waals surface area contributed by atoms with E-state index in [0.29, 0.717) is 53.8 Å². The van der Waals surface area contributed by atoms with Crippen LogP contribution in [0.15, 0.2) is 65.2 Å². The van der Waals surface area contributed by atoms with E-state index in [-0.39, 0.29) is 53.6 Å². The number of nitrogen functional groups attached to an aromatic ring is 1. The van der Waals surface area contributed by atoms with Gasteiger partial charge in [-0.25, -0.2) is 9.19 Å².